The van der Waals surface area contributed by atoms with Gasteiger partial charge in [-0.15, -0.1) is 0 Å². The SMILES string of the molecule is Cc1cccc(-c2nc(C)c3c(C(=O)O)c[nH]c3n2)c1. The molecule has 0 aliphatic heterocycles. The topological polar surface area (TPSA) is 78.9 Å². The summed E-state index contributed by atoms with van der Waals surface area (Å²) in [6.45, 7) is 3.80. The third-order valence-electron chi connectivity index (χ3n) is 3.22. The lowest BCUT2D eigenvalue weighted by molar-refractivity contribution is 0.0699. The first-order valence-corrected chi connectivity index (χ1v) is 6.22. The molecule has 0 saturated carbocycles. The Morgan fingerprint density at radius 2 is 2.05 bits per heavy atom. The molecule has 2 heterocycles. The molecule has 5 nitrogen and oxygen atoms in total. The summed E-state index contributed by atoms with van der Waals surface area (Å²) in [5.74, 6) is -0.385. The lowest BCUT2D eigenvalue weighted by Crippen LogP contribution is -1.98. The molecule has 0 bridgehead atoms. The van der Waals surface area contributed by atoms with Crippen molar-refractivity contribution in [1.82, 2.24) is 15.0 Å². The second kappa shape index (κ2) is 4.45. The molecule has 2 aromatic heterocycles. The first kappa shape index (κ1) is 12.3. The summed E-state index contributed by atoms with van der Waals surface area (Å²) >= 11 is 0. The maximum atomic E-state index is 11.2. The standard InChI is InChI=1S/C15H13N3O2/c1-8-4-3-5-10(6-8)13-17-9(2)12-11(15(19)20)7-16-14(12)18-13/h3-7H,1-2H3,(H,19,20)(H,16,17,18). The largest absolute Gasteiger partial charge is 0.478 e. The van der Waals surface area contributed by atoms with E-state index in [0.717, 1.165) is 11.1 Å². The molecule has 0 unspecified atom stereocenters. The number of aromatic amines is 1. The monoisotopic (exact) mass is 267 g/mol. The Hall–Kier alpha value is -2.69. The van der Waals surface area contributed by atoms with Gasteiger partial charge in [-0.25, -0.2) is 14.8 Å². The van der Waals surface area contributed by atoms with Crippen LogP contribution in [0.25, 0.3) is 22.4 Å². The minimum absolute atomic E-state index is 0.202. The molecule has 5 heteroatoms. The van der Waals surface area contributed by atoms with Crippen molar-refractivity contribution in [3.63, 3.8) is 0 Å². The van der Waals surface area contributed by atoms with Gasteiger partial charge in [-0.05, 0) is 19.9 Å². The molecular weight excluding hydrogens is 254 g/mol. The zero-order valence-electron chi connectivity index (χ0n) is 11.1. The number of rotatable bonds is 2. The van der Waals surface area contributed by atoms with Gasteiger partial charge in [-0.3, -0.25) is 0 Å². The van der Waals surface area contributed by atoms with Crippen molar-refractivity contribution in [2.45, 2.75) is 13.8 Å². The number of aromatic nitrogens is 3. The average Bonchev–Trinajstić information content (AvgIpc) is 2.83. The van der Waals surface area contributed by atoms with Crippen LogP contribution >= 0.6 is 0 Å². The minimum atomic E-state index is -0.980. The third kappa shape index (κ3) is 1.93. The van der Waals surface area contributed by atoms with E-state index in [1.54, 1.807) is 6.92 Å². The molecule has 0 spiro atoms. The number of hydrogen-bond acceptors (Lipinski definition) is 3. The smallest absolute Gasteiger partial charge is 0.338 e. The van der Waals surface area contributed by atoms with Gasteiger partial charge in [-0.1, -0.05) is 23.8 Å². The molecule has 3 rings (SSSR count). The van der Waals surface area contributed by atoms with Crippen molar-refractivity contribution in [2.75, 3.05) is 0 Å². The lowest BCUT2D eigenvalue weighted by Gasteiger charge is -2.04. The van der Waals surface area contributed by atoms with Crippen molar-refractivity contribution < 1.29 is 9.90 Å². The van der Waals surface area contributed by atoms with Crippen molar-refractivity contribution in [3.8, 4) is 11.4 Å². The zero-order valence-corrected chi connectivity index (χ0v) is 11.1. The van der Waals surface area contributed by atoms with Gasteiger partial charge in [-0.2, -0.15) is 0 Å². The van der Waals surface area contributed by atoms with Gasteiger partial charge in [0.15, 0.2) is 5.82 Å². The lowest BCUT2D eigenvalue weighted by atomic mass is 10.1. The van der Waals surface area contributed by atoms with E-state index in [1.807, 2.05) is 31.2 Å². The van der Waals surface area contributed by atoms with E-state index in [9.17, 15) is 4.79 Å². The zero-order chi connectivity index (χ0) is 14.3. The molecule has 0 amide bonds. The molecular formula is C15H13N3O2. The van der Waals surface area contributed by atoms with Crippen LogP contribution in [0.5, 0.6) is 0 Å². The Bertz CT molecular complexity index is 821. The Balaban J connectivity index is 2.23. The number of carbonyl (C=O) groups is 1. The van der Waals surface area contributed by atoms with E-state index >= 15 is 0 Å². The van der Waals surface area contributed by atoms with E-state index < -0.39 is 5.97 Å². The molecule has 0 aliphatic carbocycles. The number of carboxylic acid groups (broad SMARTS) is 1. The number of aryl methyl sites for hydroxylation is 2. The minimum Gasteiger partial charge on any atom is -0.478 e. The van der Waals surface area contributed by atoms with Gasteiger partial charge in [0.25, 0.3) is 0 Å². The van der Waals surface area contributed by atoms with Crippen LogP contribution in [-0.2, 0) is 0 Å². The highest BCUT2D eigenvalue weighted by Gasteiger charge is 2.16. The van der Waals surface area contributed by atoms with E-state index in [1.165, 1.54) is 6.20 Å². The molecule has 0 atom stereocenters. The average molecular weight is 267 g/mol. The maximum absolute atomic E-state index is 11.2. The van der Waals surface area contributed by atoms with E-state index in [2.05, 4.69) is 15.0 Å². The molecule has 2 N–H and O–H groups in total. The first-order chi connectivity index (χ1) is 9.56. The van der Waals surface area contributed by atoms with Crippen LogP contribution in [0.1, 0.15) is 21.6 Å². The van der Waals surface area contributed by atoms with Crippen molar-refractivity contribution in [2.24, 2.45) is 0 Å². The number of carboxylic acids is 1. The van der Waals surface area contributed by atoms with Crippen LogP contribution in [0.3, 0.4) is 0 Å². The Kier molecular flexibility index (Phi) is 2.75. The highest BCUT2D eigenvalue weighted by atomic mass is 16.4. The molecule has 100 valence electrons. The molecule has 1 aromatic carbocycles. The number of benzene rings is 1. The highest BCUT2D eigenvalue weighted by molar-refractivity contribution is 6.03. The molecule has 0 aliphatic rings. The van der Waals surface area contributed by atoms with Gasteiger partial charge >= 0.3 is 5.97 Å². The fourth-order valence-electron chi connectivity index (χ4n) is 2.29. The first-order valence-electron chi connectivity index (χ1n) is 6.22. The Morgan fingerprint density at radius 3 is 2.75 bits per heavy atom. The highest BCUT2D eigenvalue weighted by Crippen LogP contribution is 2.24. The molecule has 0 fully saturated rings. The van der Waals surface area contributed by atoms with Crippen LogP contribution in [-0.4, -0.2) is 26.0 Å². The number of nitrogens with zero attached hydrogens (tertiary/aromatic N) is 2. The summed E-state index contributed by atoms with van der Waals surface area (Å²) in [6.07, 6.45) is 1.45. The number of fused-ring (bicyclic) bond motifs is 1. The summed E-state index contributed by atoms with van der Waals surface area (Å²) in [5, 5.41) is 9.71. The predicted octanol–water partition coefficient (Wildman–Crippen LogP) is 2.94. The van der Waals surface area contributed by atoms with Crippen LogP contribution in [0, 0.1) is 13.8 Å². The summed E-state index contributed by atoms with van der Waals surface area (Å²) in [7, 11) is 0. The predicted molar refractivity (Wildman–Crippen MR) is 75.8 cm³/mol. The van der Waals surface area contributed by atoms with E-state index in [0.29, 0.717) is 22.6 Å². The number of aromatic carboxylic acids is 1. The van der Waals surface area contributed by atoms with E-state index in [-0.39, 0.29) is 5.56 Å². The van der Waals surface area contributed by atoms with Crippen LogP contribution < -0.4 is 0 Å². The molecule has 0 radical (unpaired) electrons. The maximum Gasteiger partial charge on any atom is 0.338 e. The second-order valence-electron chi connectivity index (χ2n) is 4.73. The third-order valence-corrected chi connectivity index (χ3v) is 3.22. The van der Waals surface area contributed by atoms with Gasteiger partial charge in [0.1, 0.15) is 5.65 Å². The van der Waals surface area contributed by atoms with Gasteiger partial charge in [0, 0.05) is 11.8 Å². The van der Waals surface area contributed by atoms with Gasteiger partial charge < -0.3 is 10.1 Å². The van der Waals surface area contributed by atoms with Crippen LogP contribution in [0.15, 0.2) is 30.5 Å². The fourth-order valence-corrected chi connectivity index (χ4v) is 2.29. The number of nitrogens with one attached hydrogen (secondary N) is 1. The normalized spacial score (nSPS) is 10.9. The summed E-state index contributed by atoms with van der Waals surface area (Å²) in [5.41, 5.74) is 3.45. The number of H-pyrrole nitrogens is 1. The summed E-state index contributed by atoms with van der Waals surface area (Å²) in [4.78, 5) is 22.9. The molecule has 0 saturated heterocycles. The Labute approximate surface area is 115 Å². The summed E-state index contributed by atoms with van der Waals surface area (Å²) in [6, 6.07) is 7.90. The van der Waals surface area contributed by atoms with Crippen LogP contribution in [0.2, 0.25) is 0 Å². The van der Waals surface area contributed by atoms with Crippen molar-refractivity contribution in [3.05, 3.63) is 47.3 Å². The molecule has 20 heavy (non-hydrogen) atoms. The summed E-state index contributed by atoms with van der Waals surface area (Å²) < 4.78 is 0. The van der Waals surface area contributed by atoms with E-state index in [4.69, 9.17) is 5.11 Å². The number of hydrogen-bond donors (Lipinski definition) is 2. The van der Waals surface area contributed by atoms with Crippen molar-refractivity contribution in [1.29, 1.82) is 0 Å². The molecule has 3 aromatic rings. The van der Waals surface area contributed by atoms with Gasteiger partial charge in [0.2, 0.25) is 0 Å². The quantitative estimate of drug-likeness (QED) is 0.748. The fraction of sp³-hybridized carbons (Fsp3) is 0.133. The van der Waals surface area contributed by atoms with Gasteiger partial charge in [0.05, 0.1) is 16.6 Å². The second-order valence-corrected chi connectivity index (χ2v) is 4.73. The van der Waals surface area contributed by atoms with Crippen LogP contribution in [0.4, 0.5) is 0 Å². The van der Waals surface area contributed by atoms with Crippen molar-refractivity contribution >= 4 is 17.0 Å². The Morgan fingerprint density at radius 1 is 1.25 bits per heavy atom.